The van der Waals surface area contributed by atoms with Crippen molar-refractivity contribution in [3.8, 4) is 33.9 Å². The Hall–Kier alpha value is -5.40. The van der Waals surface area contributed by atoms with E-state index in [0.29, 0.717) is 41.5 Å². The van der Waals surface area contributed by atoms with E-state index in [1.807, 2.05) is 67.4 Å². The van der Waals surface area contributed by atoms with Crippen LogP contribution in [-0.4, -0.2) is 61.2 Å². The highest BCUT2D eigenvalue weighted by Crippen LogP contribution is 2.55. The third kappa shape index (κ3) is 4.60. The molecular formula is C38H32F2N6O4S. The number of halogens is 2. The van der Waals surface area contributed by atoms with Crippen molar-refractivity contribution >= 4 is 38.2 Å². The highest BCUT2D eigenvalue weighted by atomic mass is 32.1. The first kappa shape index (κ1) is 31.6. The van der Waals surface area contributed by atoms with Gasteiger partial charge >= 0.3 is 0 Å². The number of fused-ring (bicyclic) bond motifs is 10. The predicted octanol–water partition coefficient (Wildman–Crippen LogP) is 7.07. The third-order valence-electron chi connectivity index (χ3n) is 10.2. The number of ether oxygens (including phenoxy) is 3. The number of aryl methyl sites for hydroxylation is 1. The molecule has 3 aliphatic rings. The van der Waals surface area contributed by atoms with E-state index in [-0.39, 0.29) is 36.5 Å². The number of rotatable bonds is 2. The maximum Gasteiger partial charge on any atom is 0.246 e. The molecular weight excluding hydrogens is 675 g/mol. The second-order valence-corrected chi connectivity index (χ2v) is 13.9. The van der Waals surface area contributed by atoms with Crippen LogP contribution in [0.3, 0.4) is 0 Å². The summed E-state index contributed by atoms with van der Waals surface area (Å²) in [6.07, 6.45) is 6.06. The summed E-state index contributed by atoms with van der Waals surface area (Å²) >= 11 is 1.44. The summed E-state index contributed by atoms with van der Waals surface area (Å²) in [6, 6.07) is 9.53. The number of thiophene rings is 1. The van der Waals surface area contributed by atoms with Gasteiger partial charge in [0.05, 0.1) is 47.9 Å². The summed E-state index contributed by atoms with van der Waals surface area (Å²) in [6.45, 7) is 8.78. The summed E-state index contributed by atoms with van der Waals surface area (Å²) in [5, 5.41) is 13.2. The number of nitrogens with zero attached hydrogens (tertiary/aromatic N) is 6. The summed E-state index contributed by atoms with van der Waals surface area (Å²) < 4.78 is 55.4. The van der Waals surface area contributed by atoms with E-state index < -0.39 is 23.3 Å². The lowest BCUT2D eigenvalue weighted by Crippen LogP contribution is -2.49. The van der Waals surface area contributed by atoms with Crippen LogP contribution >= 0.6 is 11.3 Å². The highest BCUT2D eigenvalue weighted by molar-refractivity contribution is 7.17. The zero-order valence-corrected chi connectivity index (χ0v) is 28.8. The molecule has 0 saturated heterocycles. The lowest BCUT2D eigenvalue weighted by molar-refractivity contribution is -0.129. The van der Waals surface area contributed by atoms with Crippen molar-refractivity contribution in [2.24, 2.45) is 7.05 Å². The van der Waals surface area contributed by atoms with E-state index in [1.165, 1.54) is 23.5 Å². The van der Waals surface area contributed by atoms with Crippen LogP contribution in [-0.2, 0) is 28.7 Å². The second-order valence-electron chi connectivity index (χ2n) is 13.0. The smallest absolute Gasteiger partial charge is 0.246 e. The molecule has 51 heavy (non-hydrogen) atoms. The molecule has 3 atom stereocenters. The van der Waals surface area contributed by atoms with Gasteiger partial charge in [-0.15, -0.1) is 11.3 Å². The van der Waals surface area contributed by atoms with Crippen molar-refractivity contribution in [2.45, 2.75) is 38.1 Å². The van der Waals surface area contributed by atoms with Crippen molar-refractivity contribution < 1.29 is 27.8 Å². The SMILES string of the molecule is C=CC(=O)N1CCn2nc(C34Oc5cc(F)cc(F)c5-c5c3nc(c3ccsc53)-c3cc5cnn(C)c5cc3OC/C=C/COC4C)cc2[C@@H]1C. The minimum Gasteiger partial charge on any atom is -0.489 e. The predicted molar refractivity (Wildman–Crippen MR) is 189 cm³/mol. The second kappa shape index (κ2) is 11.6. The van der Waals surface area contributed by atoms with Crippen LogP contribution < -0.4 is 9.47 Å². The number of aromatic nitrogens is 5. The molecule has 2 bridgehead atoms. The van der Waals surface area contributed by atoms with E-state index in [1.54, 1.807) is 15.8 Å². The van der Waals surface area contributed by atoms with Gasteiger partial charge in [-0.3, -0.25) is 14.2 Å². The molecule has 4 aromatic heterocycles. The largest absolute Gasteiger partial charge is 0.489 e. The molecule has 0 saturated carbocycles. The van der Waals surface area contributed by atoms with Gasteiger partial charge in [0.25, 0.3) is 0 Å². The molecule has 13 heteroatoms. The number of carbonyl (C=O) groups excluding carboxylic acids is 1. The van der Waals surface area contributed by atoms with Gasteiger partial charge < -0.3 is 19.1 Å². The molecule has 0 aliphatic carbocycles. The molecule has 0 N–H and O–H groups in total. The Morgan fingerprint density at radius 3 is 2.76 bits per heavy atom. The van der Waals surface area contributed by atoms with Gasteiger partial charge in [0.2, 0.25) is 11.5 Å². The van der Waals surface area contributed by atoms with Gasteiger partial charge in [-0.2, -0.15) is 10.2 Å². The fraction of sp³-hybridized carbons (Fsp3) is 0.263. The number of amides is 1. The first-order valence-corrected chi connectivity index (χ1v) is 17.5. The zero-order valence-electron chi connectivity index (χ0n) is 28.0. The molecule has 2 unspecified atom stereocenters. The molecule has 9 rings (SSSR count). The van der Waals surface area contributed by atoms with Crippen molar-refractivity contribution in [1.82, 2.24) is 29.4 Å². The molecule has 1 amide bonds. The first-order valence-electron chi connectivity index (χ1n) is 16.7. The molecule has 3 aliphatic heterocycles. The standard InChI is InChI=1S/C38H32F2N6O4S/c1-5-32(47)45-9-10-46-27(20(45)2)18-31(43-46)38-21(3)48-11-6-7-12-49-29-17-28-22(19-41-44(28)4)14-25(29)35-24-8-13-51-36(24)34(37(38)42-35)33-26(40)15-23(39)16-30(33)50-38/h5-8,13-21H,1,9-12H2,2-4H3/b7-6+/t20-,21?,38?/m0/s1. The molecule has 258 valence electrons. The quantitative estimate of drug-likeness (QED) is 0.140. The first-order chi connectivity index (χ1) is 24.7. The number of benzene rings is 2. The van der Waals surface area contributed by atoms with Crippen LogP contribution in [0, 0.1) is 11.6 Å². The maximum atomic E-state index is 16.1. The Labute approximate surface area is 295 Å². The van der Waals surface area contributed by atoms with Crippen molar-refractivity contribution in [2.75, 3.05) is 19.8 Å². The van der Waals surface area contributed by atoms with E-state index >= 15 is 8.78 Å². The van der Waals surface area contributed by atoms with Gasteiger partial charge in [0.15, 0.2) is 0 Å². The van der Waals surface area contributed by atoms with Crippen molar-refractivity contribution in [3.05, 3.63) is 101 Å². The average molecular weight is 707 g/mol. The number of hydrogen-bond acceptors (Lipinski definition) is 8. The van der Waals surface area contributed by atoms with Crippen LogP contribution in [0.1, 0.15) is 37.0 Å². The van der Waals surface area contributed by atoms with Gasteiger partial charge in [-0.05, 0) is 49.6 Å². The van der Waals surface area contributed by atoms with Crippen molar-refractivity contribution in [1.29, 1.82) is 0 Å². The van der Waals surface area contributed by atoms with E-state index in [4.69, 9.17) is 24.3 Å². The van der Waals surface area contributed by atoms with E-state index in [0.717, 1.165) is 38.3 Å². The number of hydrogen-bond donors (Lipinski definition) is 0. The Bertz CT molecular complexity index is 2470. The third-order valence-corrected chi connectivity index (χ3v) is 11.1. The lowest BCUT2D eigenvalue weighted by atomic mass is 9.80. The molecule has 0 spiro atoms. The number of pyridine rings is 1. The fourth-order valence-corrected chi connectivity index (χ4v) is 8.61. The number of carbonyl (C=O) groups is 1. The minimum absolute atomic E-state index is 0.0165. The molecule has 0 radical (unpaired) electrons. The van der Waals surface area contributed by atoms with Gasteiger partial charge in [-0.1, -0.05) is 12.7 Å². The normalized spacial score (nSPS) is 21.7. The van der Waals surface area contributed by atoms with Crippen LogP contribution in [0.15, 0.2) is 72.8 Å². The molecule has 7 heterocycles. The molecule has 10 nitrogen and oxygen atoms in total. The Morgan fingerprint density at radius 1 is 1.08 bits per heavy atom. The van der Waals surface area contributed by atoms with E-state index in [2.05, 4.69) is 11.7 Å². The Balaban J connectivity index is 1.39. The van der Waals surface area contributed by atoms with Crippen LogP contribution in [0.2, 0.25) is 0 Å². The highest BCUT2D eigenvalue weighted by Gasteiger charge is 2.54. The Kier molecular flexibility index (Phi) is 7.16. The molecule has 6 aromatic rings. The van der Waals surface area contributed by atoms with Crippen molar-refractivity contribution in [3.63, 3.8) is 0 Å². The summed E-state index contributed by atoms with van der Waals surface area (Å²) in [5.41, 5.74) is 2.80. The summed E-state index contributed by atoms with van der Waals surface area (Å²) in [5.74, 6) is -1.12. The summed E-state index contributed by atoms with van der Waals surface area (Å²) in [4.78, 5) is 20.0. The average Bonchev–Trinajstić information content (AvgIpc) is 3.87. The van der Waals surface area contributed by atoms with Crippen LogP contribution in [0.25, 0.3) is 43.4 Å². The topological polar surface area (TPSA) is 96.5 Å². The van der Waals surface area contributed by atoms with Gasteiger partial charge in [0.1, 0.15) is 47.2 Å². The fourth-order valence-electron chi connectivity index (χ4n) is 7.66. The Morgan fingerprint density at radius 2 is 1.92 bits per heavy atom. The van der Waals surface area contributed by atoms with Gasteiger partial charge in [-0.25, -0.2) is 13.8 Å². The monoisotopic (exact) mass is 706 g/mol. The van der Waals surface area contributed by atoms with Crippen LogP contribution in [0.5, 0.6) is 11.5 Å². The van der Waals surface area contributed by atoms with Gasteiger partial charge in [0, 0.05) is 58.4 Å². The molecule has 0 fully saturated rings. The van der Waals surface area contributed by atoms with Crippen LogP contribution in [0.4, 0.5) is 8.78 Å². The van der Waals surface area contributed by atoms with E-state index in [9.17, 15) is 4.79 Å². The zero-order chi connectivity index (χ0) is 35.2. The minimum atomic E-state index is -1.59. The molecule has 2 aromatic carbocycles. The maximum absolute atomic E-state index is 16.1. The summed E-state index contributed by atoms with van der Waals surface area (Å²) in [7, 11) is 1.87. The lowest BCUT2D eigenvalue weighted by Gasteiger charge is -2.42.